The van der Waals surface area contributed by atoms with Crippen LogP contribution in [0.1, 0.15) is 38.5 Å². The van der Waals surface area contributed by atoms with E-state index < -0.39 is 28.6 Å². The van der Waals surface area contributed by atoms with Gasteiger partial charge in [-0.1, -0.05) is 25.3 Å². The monoisotopic (exact) mass is 486 g/mol. The highest BCUT2D eigenvalue weighted by molar-refractivity contribution is 7.98. The van der Waals surface area contributed by atoms with Crippen molar-refractivity contribution in [2.75, 3.05) is 18.6 Å². The number of benzene rings is 1. The molecule has 0 saturated heterocycles. The lowest BCUT2D eigenvalue weighted by molar-refractivity contribution is -0.150. The predicted molar refractivity (Wildman–Crippen MR) is 120 cm³/mol. The van der Waals surface area contributed by atoms with Crippen molar-refractivity contribution in [3.05, 3.63) is 18.2 Å². The normalized spacial score (nSPS) is 16.2. The number of fused-ring (bicyclic) bond motifs is 1. The molecule has 1 fully saturated rings. The summed E-state index contributed by atoms with van der Waals surface area (Å²) in [5, 5.41) is 2.87. The highest BCUT2D eigenvalue weighted by atomic mass is 32.2. The van der Waals surface area contributed by atoms with E-state index in [2.05, 4.69) is 18.8 Å². The Kier molecular flexibility index (Phi) is 8.64. The Bertz CT molecular complexity index is 1000. The quantitative estimate of drug-likeness (QED) is 0.489. The number of ether oxygens (including phenoxy) is 1. The van der Waals surface area contributed by atoms with E-state index in [1.807, 2.05) is 6.26 Å². The summed E-state index contributed by atoms with van der Waals surface area (Å²) in [6.07, 6.45) is 7.25. The summed E-state index contributed by atoms with van der Waals surface area (Å²) in [6.45, 7) is -0.432. The van der Waals surface area contributed by atoms with Crippen molar-refractivity contribution >= 4 is 56.4 Å². The first-order valence-corrected chi connectivity index (χ1v) is 13.7. The number of nitrogens with zero attached hydrogens (tertiary/aromatic N) is 2. The summed E-state index contributed by atoms with van der Waals surface area (Å²) in [5.74, 6) is -0.607. The first-order valence-electron chi connectivity index (χ1n) is 10.1. The zero-order valence-electron chi connectivity index (χ0n) is 17.2. The van der Waals surface area contributed by atoms with E-state index in [1.54, 1.807) is 12.1 Å². The van der Waals surface area contributed by atoms with Gasteiger partial charge in [-0.05, 0) is 43.4 Å². The molecule has 2 aromatic rings. The lowest BCUT2D eigenvalue weighted by Crippen LogP contribution is -2.44. The first kappa shape index (κ1) is 23.9. The molecule has 12 heteroatoms. The fraction of sp³-hybridized carbons (Fsp3) is 0.579. The fourth-order valence-electron chi connectivity index (χ4n) is 3.46. The van der Waals surface area contributed by atoms with E-state index in [0.717, 1.165) is 37.4 Å². The molecule has 1 aromatic heterocycles. The van der Waals surface area contributed by atoms with Crippen molar-refractivity contribution in [1.82, 2.24) is 18.8 Å². The number of rotatable bonds is 10. The SMILES string of the molecule is CSCC[C@@H](NS(=O)(=O)c1cccc2nsnc12)C(=O)OCC(=O)NC1CCCCC1. The van der Waals surface area contributed by atoms with Gasteiger partial charge in [0.25, 0.3) is 5.91 Å². The Morgan fingerprint density at radius 3 is 2.77 bits per heavy atom. The number of amides is 1. The molecule has 0 bridgehead atoms. The second-order valence-corrected chi connectivity index (χ2v) is 10.6. The number of carbonyl (C=O) groups excluding carboxylic acids is 2. The van der Waals surface area contributed by atoms with Gasteiger partial charge in [0.2, 0.25) is 10.0 Å². The predicted octanol–water partition coefficient (Wildman–Crippen LogP) is 2.08. The minimum atomic E-state index is -4.05. The van der Waals surface area contributed by atoms with Crippen LogP contribution in [0.2, 0.25) is 0 Å². The van der Waals surface area contributed by atoms with Crippen LogP contribution in [0.4, 0.5) is 0 Å². The van der Waals surface area contributed by atoms with Gasteiger partial charge in [-0.25, -0.2) is 8.42 Å². The number of aromatic nitrogens is 2. The molecule has 1 atom stereocenters. The van der Waals surface area contributed by atoms with Crippen LogP contribution in [0.25, 0.3) is 11.0 Å². The largest absolute Gasteiger partial charge is 0.454 e. The van der Waals surface area contributed by atoms with Crippen LogP contribution in [-0.2, 0) is 24.3 Å². The Morgan fingerprint density at radius 1 is 1.26 bits per heavy atom. The fourth-order valence-corrected chi connectivity index (χ4v) is 5.92. The highest BCUT2D eigenvalue weighted by Crippen LogP contribution is 2.22. The number of nitrogens with one attached hydrogen (secondary N) is 2. The molecule has 9 nitrogen and oxygen atoms in total. The zero-order valence-corrected chi connectivity index (χ0v) is 19.7. The van der Waals surface area contributed by atoms with E-state index in [4.69, 9.17) is 4.74 Å². The number of thioether (sulfide) groups is 1. The molecule has 170 valence electrons. The maximum absolute atomic E-state index is 13.0. The van der Waals surface area contributed by atoms with Crippen molar-refractivity contribution in [2.24, 2.45) is 0 Å². The summed E-state index contributed by atoms with van der Waals surface area (Å²) in [7, 11) is -4.05. The maximum atomic E-state index is 13.0. The lowest BCUT2D eigenvalue weighted by atomic mass is 9.95. The van der Waals surface area contributed by atoms with Crippen LogP contribution >= 0.6 is 23.5 Å². The number of esters is 1. The second kappa shape index (κ2) is 11.2. The third kappa shape index (κ3) is 6.61. The molecule has 1 heterocycles. The van der Waals surface area contributed by atoms with Gasteiger partial charge in [0.1, 0.15) is 22.0 Å². The van der Waals surface area contributed by atoms with E-state index in [0.29, 0.717) is 11.3 Å². The molecule has 0 unspecified atom stereocenters. The van der Waals surface area contributed by atoms with Crippen molar-refractivity contribution < 1.29 is 22.7 Å². The molecule has 0 aliphatic heterocycles. The van der Waals surface area contributed by atoms with Gasteiger partial charge in [0, 0.05) is 6.04 Å². The molecule has 1 saturated carbocycles. The summed E-state index contributed by atoms with van der Waals surface area (Å²) in [6, 6.07) is 3.66. The maximum Gasteiger partial charge on any atom is 0.324 e. The van der Waals surface area contributed by atoms with Crippen LogP contribution in [0.15, 0.2) is 23.1 Å². The van der Waals surface area contributed by atoms with Gasteiger partial charge in [-0.3, -0.25) is 9.59 Å². The van der Waals surface area contributed by atoms with Crippen molar-refractivity contribution in [2.45, 2.75) is 55.5 Å². The van der Waals surface area contributed by atoms with E-state index in [-0.39, 0.29) is 28.8 Å². The summed E-state index contributed by atoms with van der Waals surface area (Å²) in [4.78, 5) is 24.7. The van der Waals surface area contributed by atoms with E-state index in [1.165, 1.54) is 24.2 Å². The van der Waals surface area contributed by atoms with Gasteiger partial charge in [-0.2, -0.15) is 25.2 Å². The Morgan fingerprint density at radius 2 is 2.03 bits per heavy atom. The molecule has 1 amide bonds. The molecule has 0 radical (unpaired) electrons. The van der Waals surface area contributed by atoms with Gasteiger partial charge in [0.15, 0.2) is 6.61 Å². The van der Waals surface area contributed by atoms with Crippen molar-refractivity contribution in [3.8, 4) is 0 Å². The molecule has 0 spiro atoms. The molecular formula is C19H26N4O5S3. The van der Waals surface area contributed by atoms with Crippen LogP contribution in [0.3, 0.4) is 0 Å². The first-order chi connectivity index (χ1) is 14.9. The standard InChI is InChI=1S/C19H26N4O5S3/c1-29-11-10-15(19(25)28-12-17(24)20-13-6-3-2-4-7-13)23-31(26,27)16-9-5-8-14-18(16)22-30-21-14/h5,8-9,13,15,23H,2-4,6-7,10-12H2,1H3,(H,20,24)/t15-/m1/s1. The Balaban J connectivity index is 1.64. The summed E-state index contributed by atoms with van der Waals surface area (Å²) >= 11 is 2.39. The summed E-state index contributed by atoms with van der Waals surface area (Å²) < 4.78 is 41.6. The molecule has 1 aliphatic rings. The van der Waals surface area contributed by atoms with Crippen molar-refractivity contribution in [1.29, 1.82) is 0 Å². The molecule has 31 heavy (non-hydrogen) atoms. The van der Waals surface area contributed by atoms with Gasteiger partial charge < -0.3 is 10.1 Å². The number of hydrogen-bond acceptors (Lipinski definition) is 9. The average Bonchev–Trinajstić information content (AvgIpc) is 3.24. The molecule has 2 N–H and O–H groups in total. The van der Waals surface area contributed by atoms with Gasteiger partial charge in [0.05, 0.1) is 11.7 Å². The third-order valence-electron chi connectivity index (χ3n) is 5.05. The molecule has 3 rings (SSSR count). The molecule has 1 aromatic carbocycles. The minimum Gasteiger partial charge on any atom is -0.454 e. The number of hydrogen-bond donors (Lipinski definition) is 2. The molecular weight excluding hydrogens is 460 g/mol. The van der Waals surface area contributed by atoms with E-state index in [9.17, 15) is 18.0 Å². The lowest BCUT2D eigenvalue weighted by Gasteiger charge is -2.23. The van der Waals surface area contributed by atoms with Crippen LogP contribution in [-0.4, -0.2) is 59.7 Å². The van der Waals surface area contributed by atoms with Crippen LogP contribution < -0.4 is 10.0 Å². The van der Waals surface area contributed by atoms with Crippen LogP contribution in [0, 0.1) is 0 Å². The molecule has 1 aliphatic carbocycles. The number of carbonyl (C=O) groups is 2. The Hall–Kier alpha value is -1.76. The highest BCUT2D eigenvalue weighted by Gasteiger charge is 2.29. The second-order valence-electron chi connectivity index (χ2n) is 7.35. The smallest absolute Gasteiger partial charge is 0.324 e. The summed E-state index contributed by atoms with van der Waals surface area (Å²) in [5.41, 5.74) is 0.722. The van der Waals surface area contributed by atoms with E-state index >= 15 is 0 Å². The zero-order chi connectivity index (χ0) is 22.3. The minimum absolute atomic E-state index is 0.0456. The van der Waals surface area contributed by atoms with Gasteiger partial charge in [-0.15, -0.1) is 0 Å². The third-order valence-corrected chi connectivity index (χ3v) is 7.74. The Labute approximate surface area is 190 Å². The van der Waals surface area contributed by atoms with Crippen molar-refractivity contribution in [3.63, 3.8) is 0 Å². The van der Waals surface area contributed by atoms with Gasteiger partial charge >= 0.3 is 5.97 Å². The average molecular weight is 487 g/mol. The number of sulfonamides is 1. The topological polar surface area (TPSA) is 127 Å². The van der Waals surface area contributed by atoms with Crippen LogP contribution in [0.5, 0.6) is 0 Å².